The largest absolute Gasteiger partial charge is 0.496 e. The van der Waals surface area contributed by atoms with E-state index in [0.29, 0.717) is 18.0 Å². The highest BCUT2D eigenvalue weighted by molar-refractivity contribution is 7.89. The first-order valence-electron chi connectivity index (χ1n) is 8.70. The van der Waals surface area contributed by atoms with Crippen LogP contribution < -0.4 is 4.74 Å². The van der Waals surface area contributed by atoms with Gasteiger partial charge >= 0.3 is 0 Å². The van der Waals surface area contributed by atoms with Crippen molar-refractivity contribution >= 4 is 21.4 Å². The van der Waals surface area contributed by atoms with E-state index in [1.165, 1.54) is 15.6 Å². The van der Waals surface area contributed by atoms with Gasteiger partial charge in [-0.25, -0.2) is 13.4 Å². The molecule has 2 aromatic carbocycles. The quantitative estimate of drug-likeness (QED) is 0.583. The maximum absolute atomic E-state index is 12.6. The van der Waals surface area contributed by atoms with Gasteiger partial charge in [-0.3, -0.25) is 0 Å². The van der Waals surface area contributed by atoms with Crippen LogP contribution in [0.3, 0.4) is 0 Å². The number of para-hydroxylation sites is 1. The number of ether oxygens (including phenoxy) is 1. The predicted molar refractivity (Wildman–Crippen MR) is 110 cm³/mol. The summed E-state index contributed by atoms with van der Waals surface area (Å²) in [7, 11) is -1.81. The molecule has 142 valence electrons. The van der Waals surface area contributed by atoms with Crippen molar-refractivity contribution in [2.45, 2.75) is 18.7 Å². The molecule has 0 aliphatic heterocycles. The molecular formula is C20H22N2O3S2. The van der Waals surface area contributed by atoms with Crippen molar-refractivity contribution in [3.8, 4) is 27.6 Å². The molecule has 0 atom stereocenters. The summed E-state index contributed by atoms with van der Waals surface area (Å²) in [6.07, 6.45) is 0. The first kappa shape index (κ1) is 19.5. The highest BCUT2D eigenvalue weighted by Gasteiger charge is 2.21. The van der Waals surface area contributed by atoms with Crippen LogP contribution in [0.1, 0.15) is 13.8 Å². The van der Waals surface area contributed by atoms with Crippen molar-refractivity contribution in [2.75, 3.05) is 20.2 Å². The highest BCUT2D eigenvalue weighted by Crippen LogP contribution is 2.34. The molecule has 0 saturated heterocycles. The zero-order chi connectivity index (χ0) is 19.4. The van der Waals surface area contributed by atoms with Crippen LogP contribution in [-0.2, 0) is 10.0 Å². The van der Waals surface area contributed by atoms with Crippen LogP contribution in [0, 0.1) is 0 Å². The maximum Gasteiger partial charge on any atom is 0.243 e. The fraction of sp³-hybridized carbons (Fsp3) is 0.250. The summed E-state index contributed by atoms with van der Waals surface area (Å²) in [5.41, 5.74) is 2.63. The Morgan fingerprint density at radius 1 is 1.04 bits per heavy atom. The van der Waals surface area contributed by atoms with Crippen LogP contribution in [-0.4, -0.2) is 37.9 Å². The number of rotatable bonds is 7. The summed E-state index contributed by atoms with van der Waals surface area (Å²) in [6, 6.07) is 14.6. The van der Waals surface area contributed by atoms with E-state index in [0.717, 1.165) is 27.6 Å². The van der Waals surface area contributed by atoms with E-state index in [1.54, 1.807) is 31.4 Å². The van der Waals surface area contributed by atoms with Gasteiger partial charge < -0.3 is 4.74 Å². The second-order valence-electron chi connectivity index (χ2n) is 5.85. The van der Waals surface area contributed by atoms with E-state index in [9.17, 15) is 8.42 Å². The molecule has 3 aromatic rings. The average molecular weight is 403 g/mol. The van der Waals surface area contributed by atoms with Crippen LogP contribution in [0.5, 0.6) is 5.75 Å². The molecule has 0 radical (unpaired) electrons. The van der Waals surface area contributed by atoms with Crippen molar-refractivity contribution in [1.29, 1.82) is 0 Å². The van der Waals surface area contributed by atoms with Gasteiger partial charge in [-0.05, 0) is 24.3 Å². The van der Waals surface area contributed by atoms with Gasteiger partial charge in [0.1, 0.15) is 10.8 Å². The van der Waals surface area contributed by atoms with Crippen LogP contribution in [0.15, 0.2) is 58.8 Å². The zero-order valence-corrected chi connectivity index (χ0v) is 17.2. The number of aromatic nitrogens is 1. The molecule has 1 aromatic heterocycles. The molecule has 7 heteroatoms. The maximum atomic E-state index is 12.6. The van der Waals surface area contributed by atoms with Gasteiger partial charge in [0.05, 0.1) is 23.3 Å². The number of hydrogen-bond acceptors (Lipinski definition) is 5. The molecule has 0 fully saturated rings. The van der Waals surface area contributed by atoms with Crippen LogP contribution >= 0.6 is 11.3 Å². The highest BCUT2D eigenvalue weighted by atomic mass is 32.2. The lowest BCUT2D eigenvalue weighted by atomic mass is 10.2. The molecule has 0 spiro atoms. The second kappa shape index (κ2) is 8.21. The molecule has 0 aliphatic rings. The Bertz CT molecular complexity index is 1010. The van der Waals surface area contributed by atoms with E-state index < -0.39 is 10.0 Å². The van der Waals surface area contributed by atoms with Crippen LogP contribution in [0.2, 0.25) is 0 Å². The van der Waals surface area contributed by atoms with Crippen molar-refractivity contribution in [3.63, 3.8) is 0 Å². The van der Waals surface area contributed by atoms with Crippen molar-refractivity contribution < 1.29 is 13.2 Å². The molecule has 5 nitrogen and oxygen atoms in total. The Morgan fingerprint density at radius 2 is 1.70 bits per heavy atom. The lowest BCUT2D eigenvalue weighted by molar-refractivity contribution is 0.416. The number of nitrogens with zero attached hydrogens (tertiary/aromatic N) is 2. The number of benzene rings is 2. The van der Waals surface area contributed by atoms with Gasteiger partial charge in [0.15, 0.2) is 0 Å². The summed E-state index contributed by atoms with van der Waals surface area (Å²) < 4.78 is 32.1. The van der Waals surface area contributed by atoms with E-state index >= 15 is 0 Å². The molecule has 3 rings (SSSR count). The van der Waals surface area contributed by atoms with Gasteiger partial charge in [-0.1, -0.05) is 38.1 Å². The monoisotopic (exact) mass is 402 g/mol. The van der Waals surface area contributed by atoms with E-state index in [1.807, 2.05) is 43.5 Å². The number of sulfonamides is 1. The number of hydrogen-bond donors (Lipinski definition) is 0. The van der Waals surface area contributed by atoms with Gasteiger partial charge in [0.25, 0.3) is 0 Å². The number of methoxy groups -OCH3 is 1. The van der Waals surface area contributed by atoms with Crippen molar-refractivity contribution in [2.24, 2.45) is 0 Å². The predicted octanol–water partition coefficient (Wildman–Crippen LogP) is 4.52. The van der Waals surface area contributed by atoms with Gasteiger partial charge in [-0.15, -0.1) is 11.3 Å². The molecule has 0 saturated carbocycles. The SMILES string of the molecule is CCN(CC)S(=O)(=O)c1ccc(-c2csc(-c3ccccc3OC)n2)cc1. The van der Waals surface area contributed by atoms with Crippen molar-refractivity contribution in [3.05, 3.63) is 53.9 Å². The molecule has 0 amide bonds. The lowest BCUT2D eigenvalue weighted by Crippen LogP contribution is -2.30. The lowest BCUT2D eigenvalue weighted by Gasteiger charge is -2.18. The smallest absolute Gasteiger partial charge is 0.243 e. The Kier molecular flexibility index (Phi) is 5.94. The molecule has 0 unspecified atom stereocenters. The van der Waals surface area contributed by atoms with E-state index in [4.69, 9.17) is 9.72 Å². The van der Waals surface area contributed by atoms with Crippen LogP contribution in [0.4, 0.5) is 0 Å². The molecule has 1 heterocycles. The molecular weight excluding hydrogens is 380 g/mol. The minimum Gasteiger partial charge on any atom is -0.496 e. The normalized spacial score (nSPS) is 11.7. The summed E-state index contributed by atoms with van der Waals surface area (Å²) in [6.45, 7) is 4.58. The summed E-state index contributed by atoms with van der Waals surface area (Å²) in [4.78, 5) is 5.00. The summed E-state index contributed by atoms with van der Waals surface area (Å²) >= 11 is 1.53. The third kappa shape index (κ3) is 3.90. The fourth-order valence-corrected chi connectivity index (χ4v) is 5.18. The molecule has 0 bridgehead atoms. The van der Waals surface area contributed by atoms with Gasteiger partial charge in [-0.2, -0.15) is 4.31 Å². The molecule has 0 aliphatic carbocycles. The summed E-state index contributed by atoms with van der Waals surface area (Å²) in [5.74, 6) is 0.777. The standard InChI is InChI=1S/C20H22N2O3S2/c1-4-22(5-2)27(23,24)16-12-10-15(11-13-16)18-14-26-20(21-18)17-8-6-7-9-19(17)25-3/h6-14H,4-5H2,1-3H3. The first-order chi connectivity index (χ1) is 13.0. The van der Waals surface area contributed by atoms with Gasteiger partial charge in [0.2, 0.25) is 10.0 Å². The van der Waals surface area contributed by atoms with Crippen LogP contribution in [0.25, 0.3) is 21.8 Å². The zero-order valence-electron chi connectivity index (χ0n) is 15.5. The number of thiazole rings is 1. The van der Waals surface area contributed by atoms with E-state index in [-0.39, 0.29) is 0 Å². The van der Waals surface area contributed by atoms with E-state index in [2.05, 4.69) is 0 Å². The first-order valence-corrected chi connectivity index (χ1v) is 11.0. The minimum absolute atomic E-state index is 0.301. The third-order valence-corrected chi connectivity index (χ3v) is 7.27. The molecule has 0 N–H and O–H groups in total. The average Bonchev–Trinajstić information content (AvgIpc) is 3.19. The Morgan fingerprint density at radius 3 is 2.33 bits per heavy atom. The third-order valence-electron chi connectivity index (χ3n) is 4.33. The van der Waals surface area contributed by atoms with Crippen molar-refractivity contribution in [1.82, 2.24) is 9.29 Å². The Balaban J connectivity index is 1.90. The van der Waals surface area contributed by atoms with Gasteiger partial charge in [0, 0.05) is 24.0 Å². The Hall–Kier alpha value is -2.22. The second-order valence-corrected chi connectivity index (χ2v) is 8.65. The molecule has 27 heavy (non-hydrogen) atoms. The Labute approximate surface area is 164 Å². The minimum atomic E-state index is -3.45. The fourth-order valence-electron chi connectivity index (χ4n) is 2.86. The summed E-state index contributed by atoms with van der Waals surface area (Å²) in [5, 5.41) is 2.83. The topological polar surface area (TPSA) is 59.5 Å².